The topological polar surface area (TPSA) is 105 Å². The van der Waals surface area contributed by atoms with Gasteiger partial charge in [0.05, 0.1) is 17.2 Å². The number of hydrogen-bond acceptors (Lipinski definition) is 3. The molecule has 1 aliphatic carbocycles. The van der Waals surface area contributed by atoms with E-state index >= 15 is 0 Å². The number of urea groups is 1. The second kappa shape index (κ2) is 6.90. The quantitative estimate of drug-likeness (QED) is 0.775. The van der Waals surface area contributed by atoms with Crippen LogP contribution in [0.15, 0.2) is 24.3 Å². The molecule has 1 saturated carbocycles. The average molecular weight is 330 g/mol. The molecular weight excluding hydrogens is 308 g/mol. The molecule has 2 aliphatic rings. The SMILES string of the molecule is NC(=O)c1ccccc1NC(=O)C1CCCN(C(=O)NC2CC2)C1. The minimum atomic E-state index is -0.583. The summed E-state index contributed by atoms with van der Waals surface area (Å²) in [6.45, 7) is 1.06. The number of primary amides is 1. The number of likely N-dealkylation sites (tertiary alicyclic amines) is 1. The average Bonchev–Trinajstić information content (AvgIpc) is 3.39. The number of benzene rings is 1. The Bertz CT molecular complexity index is 657. The first kappa shape index (κ1) is 16.3. The molecule has 4 amide bonds. The third-order valence-corrected chi connectivity index (χ3v) is 4.43. The predicted molar refractivity (Wildman–Crippen MR) is 89.4 cm³/mol. The number of carbonyl (C=O) groups excluding carboxylic acids is 3. The Balaban J connectivity index is 1.62. The molecule has 2 fully saturated rings. The Morgan fingerprint density at radius 3 is 2.58 bits per heavy atom. The molecule has 24 heavy (non-hydrogen) atoms. The molecule has 1 aromatic carbocycles. The maximum atomic E-state index is 12.5. The van der Waals surface area contributed by atoms with Crippen LogP contribution in [0.25, 0.3) is 0 Å². The molecule has 4 N–H and O–H groups in total. The number of piperidine rings is 1. The van der Waals surface area contributed by atoms with E-state index in [9.17, 15) is 14.4 Å². The van der Waals surface area contributed by atoms with Crippen LogP contribution in [0.3, 0.4) is 0 Å². The Morgan fingerprint density at radius 1 is 1.12 bits per heavy atom. The Hall–Kier alpha value is -2.57. The lowest BCUT2D eigenvalue weighted by Crippen LogP contribution is -2.48. The fourth-order valence-electron chi connectivity index (χ4n) is 2.91. The monoisotopic (exact) mass is 330 g/mol. The Labute approximate surface area is 140 Å². The van der Waals surface area contributed by atoms with Crippen LogP contribution in [0.4, 0.5) is 10.5 Å². The normalized spacial score (nSPS) is 20.3. The molecule has 1 saturated heterocycles. The van der Waals surface area contributed by atoms with Gasteiger partial charge in [0.1, 0.15) is 0 Å². The van der Waals surface area contributed by atoms with Crippen molar-refractivity contribution in [3.63, 3.8) is 0 Å². The Kier molecular flexibility index (Phi) is 4.69. The molecule has 1 aliphatic heterocycles. The van der Waals surface area contributed by atoms with Crippen molar-refractivity contribution in [3.05, 3.63) is 29.8 Å². The van der Waals surface area contributed by atoms with E-state index in [1.54, 1.807) is 29.2 Å². The highest BCUT2D eigenvalue weighted by Crippen LogP contribution is 2.23. The van der Waals surface area contributed by atoms with Gasteiger partial charge in [0.2, 0.25) is 5.91 Å². The fraction of sp³-hybridized carbons (Fsp3) is 0.471. The summed E-state index contributed by atoms with van der Waals surface area (Å²) in [5.41, 5.74) is 6.03. The molecule has 1 atom stereocenters. The lowest BCUT2D eigenvalue weighted by Gasteiger charge is -2.32. The molecular formula is C17H22N4O3. The molecule has 7 heteroatoms. The molecule has 7 nitrogen and oxygen atoms in total. The summed E-state index contributed by atoms with van der Waals surface area (Å²) in [6.07, 6.45) is 3.58. The smallest absolute Gasteiger partial charge is 0.317 e. The van der Waals surface area contributed by atoms with Gasteiger partial charge >= 0.3 is 6.03 Å². The maximum absolute atomic E-state index is 12.5. The van der Waals surface area contributed by atoms with Crippen molar-refractivity contribution in [1.82, 2.24) is 10.2 Å². The first-order chi connectivity index (χ1) is 11.5. The zero-order valence-electron chi connectivity index (χ0n) is 13.5. The predicted octanol–water partition coefficient (Wildman–Crippen LogP) is 1.31. The van der Waals surface area contributed by atoms with Gasteiger partial charge in [-0.3, -0.25) is 9.59 Å². The zero-order valence-corrected chi connectivity index (χ0v) is 13.5. The van der Waals surface area contributed by atoms with Crippen LogP contribution in [-0.2, 0) is 4.79 Å². The van der Waals surface area contributed by atoms with Gasteiger partial charge in [-0.25, -0.2) is 4.79 Å². The number of carbonyl (C=O) groups is 3. The molecule has 128 valence electrons. The lowest BCUT2D eigenvalue weighted by atomic mass is 9.97. The summed E-state index contributed by atoms with van der Waals surface area (Å²) in [6, 6.07) is 6.87. The molecule has 1 heterocycles. The number of nitrogens with one attached hydrogen (secondary N) is 2. The molecule has 1 aromatic rings. The van der Waals surface area contributed by atoms with Crippen LogP contribution in [0.2, 0.25) is 0 Å². The van der Waals surface area contributed by atoms with Gasteiger partial charge in [-0.05, 0) is 37.8 Å². The highest BCUT2D eigenvalue weighted by molar-refractivity contribution is 6.03. The molecule has 0 aromatic heterocycles. The minimum absolute atomic E-state index is 0.0902. The van der Waals surface area contributed by atoms with Gasteiger partial charge < -0.3 is 21.3 Å². The van der Waals surface area contributed by atoms with Gasteiger partial charge in [-0.15, -0.1) is 0 Å². The number of nitrogens with two attached hydrogens (primary N) is 1. The maximum Gasteiger partial charge on any atom is 0.317 e. The van der Waals surface area contributed by atoms with Crippen molar-refractivity contribution in [2.45, 2.75) is 31.7 Å². The standard InChI is InChI=1S/C17H22N4O3/c18-15(22)13-5-1-2-6-14(13)20-16(23)11-4-3-9-21(10-11)17(24)19-12-7-8-12/h1-2,5-6,11-12H,3-4,7-10H2,(H2,18,22)(H,19,24)(H,20,23). The van der Waals surface area contributed by atoms with Crippen molar-refractivity contribution in [2.24, 2.45) is 11.7 Å². The summed E-state index contributed by atoms with van der Waals surface area (Å²) < 4.78 is 0. The van der Waals surface area contributed by atoms with E-state index in [4.69, 9.17) is 5.73 Å². The van der Waals surface area contributed by atoms with Crippen LogP contribution in [0.1, 0.15) is 36.0 Å². The number of para-hydroxylation sites is 1. The van der Waals surface area contributed by atoms with Crippen molar-refractivity contribution < 1.29 is 14.4 Å². The van der Waals surface area contributed by atoms with E-state index in [-0.39, 0.29) is 23.4 Å². The van der Waals surface area contributed by atoms with E-state index < -0.39 is 5.91 Å². The van der Waals surface area contributed by atoms with Crippen LogP contribution in [0.5, 0.6) is 0 Å². The largest absolute Gasteiger partial charge is 0.366 e. The van der Waals surface area contributed by atoms with E-state index in [0.29, 0.717) is 24.8 Å². The summed E-state index contributed by atoms with van der Waals surface area (Å²) in [4.78, 5) is 37.8. The molecule has 0 radical (unpaired) electrons. The summed E-state index contributed by atoms with van der Waals surface area (Å²) in [5.74, 6) is -1.06. The van der Waals surface area contributed by atoms with E-state index in [1.807, 2.05) is 0 Å². The van der Waals surface area contributed by atoms with E-state index in [2.05, 4.69) is 10.6 Å². The van der Waals surface area contributed by atoms with Crippen molar-refractivity contribution >= 4 is 23.5 Å². The number of hydrogen-bond donors (Lipinski definition) is 3. The van der Waals surface area contributed by atoms with Crippen molar-refractivity contribution in [2.75, 3.05) is 18.4 Å². The minimum Gasteiger partial charge on any atom is -0.366 e. The molecule has 1 unspecified atom stereocenters. The Morgan fingerprint density at radius 2 is 1.88 bits per heavy atom. The summed E-state index contributed by atoms with van der Waals surface area (Å²) >= 11 is 0. The summed E-state index contributed by atoms with van der Waals surface area (Å²) in [7, 11) is 0. The zero-order chi connectivity index (χ0) is 17.1. The second-order valence-electron chi connectivity index (χ2n) is 6.41. The highest BCUT2D eigenvalue weighted by Gasteiger charge is 2.31. The van der Waals surface area contributed by atoms with Crippen molar-refractivity contribution in [3.8, 4) is 0 Å². The third kappa shape index (κ3) is 3.84. The van der Waals surface area contributed by atoms with E-state index in [1.165, 1.54) is 0 Å². The van der Waals surface area contributed by atoms with Crippen LogP contribution in [0, 0.1) is 5.92 Å². The van der Waals surface area contributed by atoms with Gasteiger partial charge in [-0.1, -0.05) is 12.1 Å². The second-order valence-corrected chi connectivity index (χ2v) is 6.41. The van der Waals surface area contributed by atoms with E-state index in [0.717, 1.165) is 25.7 Å². The number of anilines is 1. The third-order valence-electron chi connectivity index (χ3n) is 4.43. The van der Waals surface area contributed by atoms with Gasteiger partial charge in [-0.2, -0.15) is 0 Å². The molecule has 3 rings (SSSR count). The van der Waals surface area contributed by atoms with Crippen LogP contribution >= 0.6 is 0 Å². The molecule has 0 spiro atoms. The number of rotatable bonds is 4. The lowest BCUT2D eigenvalue weighted by molar-refractivity contribution is -0.121. The van der Waals surface area contributed by atoms with Gasteiger partial charge in [0.15, 0.2) is 0 Å². The van der Waals surface area contributed by atoms with Crippen LogP contribution < -0.4 is 16.4 Å². The van der Waals surface area contributed by atoms with Crippen molar-refractivity contribution in [1.29, 1.82) is 0 Å². The fourth-order valence-corrected chi connectivity index (χ4v) is 2.91. The van der Waals surface area contributed by atoms with Crippen LogP contribution in [-0.4, -0.2) is 41.9 Å². The number of amides is 4. The first-order valence-corrected chi connectivity index (χ1v) is 8.29. The first-order valence-electron chi connectivity index (χ1n) is 8.29. The van der Waals surface area contributed by atoms with Gasteiger partial charge in [0, 0.05) is 19.1 Å². The molecule has 0 bridgehead atoms. The highest BCUT2D eigenvalue weighted by atomic mass is 16.2. The number of nitrogens with zero attached hydrogens (tertiary/aromatic N) is 1. The van der Waals surface area contributed by atoms with Gasteiger partial charge in [0.25, 0.3) is 5.91 Å². The summed E-state index contributed by atoms with van der Waals surface area (Å²) in [5, 5.41) is 5.73.